The summed E-state index contributed by atoms with van der Waals surface area (Å²) in [6.45, 7) is 8.17. The zero-order valence-electron chi connectivity index (χ0n) is 15.7. The lowest BCUT2D eigenvalue weighted by Crippen LogP contribution is -2.45. The number of hydrogen-bond acceptors (Lipinski definition) is 3. The number of nitrogens with one attached hydrogen (secondary N) is 2. The van der Waals surface area contributed by atoms with Crippen LogP contribution in [0.3, 0.4) is 0 Å². The zero-order chi connectivity index (χ0) is 18.3. The van der Waals surface area contributed by atoms with Crippen molar-refractivity contribution in [1.29, 1.82) is 0 Å². The van der Waals surface area contributed by atoms with Crippen molar-refractivity contribution in [3.05, 3.63) is 35.9 Å². The highest BCUT2D eigenvalue weighted by atomic mass is 16.6. The summed E-state index contributed by atoms with van der Waals surface area (Å²) in [4.78, 5) is 18.8. The molecule has 0 bridgehead atoms. The third-order valence-electron chi connectivity index (χ3n) is 3.97. The molecule has 0 radical (unpaired) electrons. The predicted octanol–water partition coefficient (Wildman–Crippen LogP) is 2.92. The van der Waals surface area contributed by atoms with E-state index in [9.17, 15) is 4.79 Å². The van der Waals surface area contributed by atoms with E-state index in [0.29, 0.717) is 6.54 Å². The lowest BCUT2D eigenvalue weighted by Gasteiger charge is -2.26. The maximum Gasteiger partial charge on any atom is 0.408 e. The van der Waals surface area contributed by atoms with Crippen LogP contribution in [0.15, 0.2) is 35.3 Å². The van der Waals surface area contributed by atoms with Gasteiger partial charge >= 0.3 is 6.09 Å². The van der Waals surface area contributed by atoms with Crippen LogP contribution in [0, 0.1) is 0 Å². The van der Waals surface area contributed by atoms with E-state index in [2.05, 4.69) is 20.5 Å². The Bertz CT molecular complexity index is 575. The zero-order valence-corrected chi connectivity index (χ0v) is 15.7. The number of carbonyl (C=O) groups is 1. The minimum absolute atomic E-state index is 0.199. The lowest BCUT2D eigenvalue weighted by atomic mass is 10.1. The molecule has 0 spiro atoms. The van der Waals surface area contributed by atoms with Crippen molar-refractivity contribution in [2.45, 2.75) is 45.3 Å². The minimum Gasteiger partial charge on any atom is -0.444 e. The average molecular weight is 346 g/mol. The van der Waals surface area contributed by atoms with Crippen molar-refractivity contribution >= 4 is 12.1 Å². The van der Waals surface area contributed by atoms with Crippen LogP contribution >= 0.6 is 0 Å². The largest absolute Gasteiger partial charge is 0.444 e. The van der Waals surface area contributed by atoms with Crippen molar-refractivity contribution < 1.29 is 9.53 Å². The van der Waals surface area contributed by atoms with Gasteiger partial charge in [-0.25, -0.2) is 4.79 Å². The van der Waals surface area contributed by atoms with Gasteiger partial charge in [0.15, 0.2) is 5.96 Å². The second-order valence-electron chi connectivity index (χ2n) is 7.23. The summed E-state index contributed by atoms with van der Waals surface area (Å²) in [6, 6.07) is 9.70. The van der Waals surface area contributed by atoms with Gasteiger partial charge in [-0.2, -0.15) is 0 Å². The van der Waals surface area contributed by atoms with Crippen LogP contribution in [-0.2, 0) is 4.74 Å². The van der Waals surface area contributed by atoms with Gasteiger partial charge in [0.2, 0.25) is 0 Å². The van der Waals surface area contributed by atoms with Crippen molar-refractivity contribution in [3.8, 4) is 0 Å². The number of aliphatic imine (C=N–C) groups is 1. The predicted molar refractivity (Wildman–Crippen MR) is 101 cm³/mol. The van der Waals surface area contributed by atoms with Crippen molar-refractivity contribution in [3.63, 3.8) is 0 Å². The molecule has 138 valence electrons. The highest BCUT2D eigenvalue weighted by Gasteiger charge is 2.22. The molecule has 1 saturated heterocycles. The number of likely N-dealkylation sites (tertiary alicyclic amines) is 1. The Hall–Kier alpha value is -2.24. The van der Waals surface area contributed by atoms with Gasteiger partial charge in [-0.3, -0.25) is 4.99 Å². The number of guanidine groups is 1. The fraction of sp³-hybridized carbons (Fsp3) is 0.579. The maximum atomic E-state index is 12.2. The third kappa shape index (κ3) is 6.29. The van der Waals surface area contributed by atoms with Gasteiger partial charge in [-0.15, -0.1) is 0 Å². The molecular formula is C19H30N4O2. The van der Waals surface area contributed by atoms with Crippen molar-refractivity contribution in [1.82, 2.24) is 15.5 Å². The molecule has 6 heteroatoms. The van der Waals surface area contributed by atoms with Gasteiger partial charge in [0, 0.05) is 26.7 Å². The second-order valence-corrected chi connectivity index (χ2v) is 7.23. The molecule has 1 fully saturated rings. The Labute approximate surface area is 150 Å². The first-order valence-electron chi connectivity index (χ1n) is 8.89. The summed E-state index contributed by atoms with van der Waals surface area (Å²) in [5.74, 6) is 0.879. The number of benzene rings is 1. The Balaban J connectivity index is 2.03. The number of carbonyl (C=O) groups excluding carboxylic acids is 1. The van der Waals surface area contributed by atoms with E-state index in [-0.39, 0.29) is 6.04 Å². The molecule has 1 aliphatic rings. The van der Waals surface area contributed by atoms with E-state index < -0.39 is 11.7 Å². The van der Waals surface area contributed by atoms with Crippen molar-refractivity contribution in [2.75, 3.05) is 26.7 Å². The molecule has 1 aromatic rings. The smallest absolute Gasteiger partial charge is 0.408 e. The van der Waals surface area contributed by atoms with E-state index in [1.807, 2.05) is 51.1 Å². The maximum absolute atomic E-state index is 12.2. The number of rotatable bonds is 4. The summed E-state index contributed by atoms with van der Waals surface area (Å²) >= 11 is 0. The number of ether oxygens (including phenoxy) is 1. The molecule has 6 nitrogen and oxygen atoms in total. The Morgan fingerprint density at radius 3 is 2.44 bits per heavy atom. The van der Waals surface area contributed by atoms with Gasteiger partial charge in [0.25, 0.3) is 0 Å². The first-order valence-corrected chi connectivity index (χ1v) is 8.89. The number of nitrogens with zero attached hydrogens (tertiary/aromatic N) is 2. The van der Waals surface area contributed by atoms with Crippen LogP contribution in [0.2, 0.25) is 0 Å². The molecule has 1 atom stereocenters. The molecule has 1 heterocycles. The SMILES string of the molecule is CN=C(NCC(NC(=O)OC(C)(C)C)c1ccccc1)N1CCCC1. The van der Waals surface area contributed by atoms with Gasteiger partial charge in [0.05, 0.1) is 6.04 Å². The van der Waals surface area contributed by atoms with E-state index in [1.165, 1.54) is 12.8 Å². The Morgan fingerprint density at radius 2 is 1.88 bits per heavy atom. The second kappa shape index (κ2) is 8.74. The number of alkyl carbamates (subject to hydrolysis) is 1. The molecule has 1 aliphatic heterocycles. The first kappa shape index (κ1) is 19.1. The minimum atomic E-state index is -0.523. The Morgan fingerprint density at radius 1 is 1.24 bits per heavy atom. The standard InChI is InChI=1S/C19H30N4O2/c1-19(2,3)25-18(24)22-16(15-10-6-5-7-11-15)14-21-17(20-4)23-12-8-9-13-23/h5-7,10-11,16H,8-9,12-14H2,1-4H3,(H,20,21)(H,22,24). The first-order chi connectivity index (χ1) is 11.9. The molecule has 0 aliphatic carbocycles. The molecule has 25 heavy (non-hydrogen) atoms. The van der Waals surface area contributed by atoms with E-state index in [0.717, 1.165) is 24.6 Å². The summed E-state index contributed by atoms with van der Waals surface area (Å²) in [7, 11) is 1.79. The highest BCUT2D eigenvalue weighted by Crippen LogP contribution is 2.15. The van der Waals surface area contributed by atoms with Crippen LogP contribution in [0.4, 0.5) is 4.79 Å². The molecule has 0 aromatic heterocycles. The van der Waals surface area contributed by atoms with Crippen LogP contribution in [0.5, 0.6) is 0 Å². The fourth-order valence-corrected chi connectivity index (χ4v) is 2.84. The average Bonchev–Trinajstić information content (AvgIpc) is 3.08. The molecule has 1 unspecified atom stereocenters. The number of amides is 1. The monoisotopic (exact) mass is 346 g/mol. The topological polar surface area (TPSA) is 66.0 Å². The molecule has 0 saturated carbocycles. The normalized spacial score (nSPS) is 16.5. The van der Waals surface area contributed by atoms with Crippen LogP contribution in [0.1, 0.15) is 45.2 Å². The number of hydrogen-bond donors (Lipinski definition) is 2. The van der Waals surface area contributed by atoms with Crippen molar-refractivity contribution in [2.24, 2.45) is 4.99 Å². The van der Waals surface area contributed by atoms with Crippen LogP contribution < -0.4 is 10.6 Å². The van der Waals surface area contributed by atoms with Gasteiger partial charge < -0.3 is 20.3 Å². The highest BCUT2D eigenvalue weighted by molar-refractivity contribution is 5.80. The van der Waals surface area contributed by atoms with E-state index in [1.54, 1.807) is 7.05 Å². The molecule has 2 rings (SSSR count). The van der Waals surface area contributed by atoms with E-state index >= 15 is 0 Å². The van der Waals surface area contributed by atoms with Gasteiger partial charge in [-0.05, 0) is 39.2 Å². The molecule has 1 amide bonds. The fourth-order valence-electron chi connectivity index (χ4n) is 2.84. The summed E-state index contributed by atoms with van der Waals surface area (Å²) < 4.78 is 5.40. The van der Waals surface area contributed by atoms with Gasteiger partial charge in [0.1, 0.15) is 5.60 Å². The third-order valence-corrected chi connectivity index (χ3v) is 3.97. The van der Waals surface area contributed by atoms with Crippen LogP contribution in [-0.4, -0.2) is 49.2 Å². The molecular weight excluding hydrogens is 316 g/mol. The molecule has 1 aromatic carbocycles. The lowest BCUT2D eigenvalue weighted by molar-refractivity contribution is 0.0504. The summed E-state index contributed by atoms with van der Waals surface area (Å²) in [5.41, 5.74) is 0.502. The van der Waals surface area contributed by atoms with Gasteiger partial charge in [-0.1, -0.05) is 30.3 Å². The quantitative estimate of drug-likeness (QED) is 0.650. The van der Waals surface area contributed by atoms with E-state index in [4.69, 9.17) is 4.74 Å². The van der Waals surface area contributed by atoms with Crippen LogP contribution in [0.25, 0.3) is 0 Å². The summed E-state index contributed by atoms with van der Waals surface area (Å²) in [6.07, 6.45) is 1.97. The Kier molecular flexibility index (Phi) is 6.67. The summed E-state index contributed by atoms with van der Waals surface area (Å²) in [5, 5.41) is 6.35. The molecule has 2 N–H and O–H groups in total.